The van der Waals surface area contributed by atoms with Gasteiger partial charge < -0.3 is 4.57 Å². The maximum atomic E-state index is 2.49. The average molecular weight is 337 g/mol. The van der Waals surface area contributed by atoms with Crippen molar-refractivity contribution in [3.63, 3.8) is 0 Å². The van der Waals surface area contributed by atoms with Crippen molar-refractivity contribution in [2.75, 3.05) is 0 Å². The molecule has 1 aliphatic rings. The monoisotopic (exact) mass is 337 g/mol. The number of aromatic nitrogens is 1. The molecule has 1 nitrogen and oxygen atoms in total. The largest absolute Gasteiger partial charge is 0.340 e. The van der Waals surface area contributed by atoms with Crippen molar-refractivity contribution in [1.82, 2.24) is 4.57 Å². The third kappa shape index (κ3) is 1.43. The van der Waals surface area contributed by atoms with Crippen LogP contribution in [0.25, 0.3) is 10.9 Å². The zero-order valence-corrected chi connectivity index (χ0v) is 12.6. The van der Waals surface area contributed by atoms with Crippen molar-refractivity contribution in [2.24, 2.45) is 0 Å². The minimum Gasteiger partial charge on any atom is -0.340 e. The summed E-state index contributed by atoms with van der Waals surface area (Å²) in [5.74, 6) is 0. The number of fused-ring (bicyclic) bond motifs is 3. The summed E-state index contributed by atoms with van der Waals surface area (Å²) in [5, 5.41) is 1.40. The van der Waals surface area contributed by atoms with Gasteiger partial charge in [0.15, 0.2) is 0 Å². The van der Waals surface area contributed by atoms with Gasteiger partial charge in [0.2, 0.25) is 0 Å². The lowest BCUT2D eigenvalue weighted by Gasteiger charge is -2.31. The van der Waals surface area contributed by atoms with E-state index in [1.807, 2.05) is 0 Å². The van der Waals surface area contributed by atoms with E-state index in [2.05, 4.69) is 78.3 Å². The van der Waals surface area contributed by atoms with Crippen molar-refractivity contribution in [3.05, 3.63) is 45.2 Å². The number of hydrogen-bond donors (Lipinski definition) is 0. The predicted octanol–water partition coefficient (Wildman–Crippen LogP) is 4.56. The number of halogens is 1. The Kier molecular flexibility index (Phi) is 2.41. The molecule has 1 aromatic carbocycles. The van der Waals surface area contributed by atoms with Gasteiger partial charge in [-0.1, -0.05) is 24.3 Å². The van der Waals surface area contributed by atoms with E-state index in [4.69, 9.17) is 0 Å². The predicted molar refractivity (Wildman–Crippen MR) is 81.8 cm³/mol. The molecule has 0 amide bonds. The van der Waals surface area contributed by atoms with Gasteiger partial charge in [0, 0.05) is 28.6 Å². The highest BCUT2D eigenvalue weighted by atomic mass is 127. The van der Waals surface area contributed by atoms with Crippen LogP contribution < -0.4 is 0 Å². The second-order valence-corrected chi connectivity index (χ2v) is 6.44. The minimum absolute atomic E-state index is 0.141. The smallest absolute Gasteiger partial charge is 0.0488 e. The normalized spacial score (nSPS) is 18.0. The van der Waals surface area contributed by atoms with Gasteiger partial charge in [0.05, 0.1) is 0 Å². The number of rotatable bonds is 0. The highest BCUT2D eigenvalue weighted by molar-refractivity contribution is 14.1. The van der Waals surface area contributed by atoms with Crippen LogP contribution in [0.3, 0.4) is 0 Å². The molecule has 0 atom stereocenters. The summed E-state index contributed by atoms with van der Waals surface area (Å²) >= 11 is 2.49. The molecule has 2 heterocycles. The van der Waals surface area contributed by atoms with Crippen molar-refractivity contribution in [3.8, 4) is 0 Å². The summed E-state index contributed by atoms with van der Waals surface area (Å²) in [6, 6.07) is 8.73. The van der Waals surface area contributed by atoms with Gasteiger partial charge in [0.25, 0.3) is 0 Å². The molecular weight excluding hydrogens is 321 g/mol. The summed E-state index contributed by atoms with van der Waals surface area (Å²) in [5.41, 5.74) is 4.42. The molecule has 88 valence electrons. The Morgan fingerprint density at radius 2 is 1.94 bits per heavy atom. The Bertz CT molecular complexity index is 632. The molecule has 1 aliphatic heterocycles. The van der Waals surface area contributed by atoms with Gasteiger partial charge in [0.1, 0.15) is 0 Å². The number of aryl methyl sites for hydroxylation is 1. The van der Waals surface area contributed by atoms with Crippen LogP contribution in [-0.2, 0) is 12.0 Å². The second kappa shape index (κ2) is 3.61. The third-order valence-corrected chi connectivity index (χ3v) is 5.65. The summed E-state index contributed by atoms with van der Waals surface area (Å²) < 4.78 is 3.92. The molecule has 0 radical (unpaired) electrons. The molecule has 0 saturated carbocycles. The van der Waals surface area contributed by atoms with Gasteiger partial charge in [-0.3, -0.25) is 0 Å². The van der Waals surface area contributed by atoms with Gasteiger partial charge in [-0.25, -0.2) is 0 Å². The average Bonchev–Trinajstić information content (AvgIpc) is 2.60. The first-order valence-corrected chi connectivity index (χ1v) is 7.06. The van der Waals surface area contributed by atoms with Gasteiger partial charge in [-0.15, -0.1) is 0 Å². The molecule has 0 aliphatic carbocycles. The Hall–Kier alpha value is -0.770. The number of nitrogens with zero attached hydrogens (tertiary/aromatic N) is 1. The molecule has 1 aromatic heterocycles. The van der Waals surface area contributed by atoms with Crippen LogP contribution in [0.2, 0.25) is 0 Å². The van der Waals surface area contributed by atoms with Gasteiger partial charge in [-0.2, -0.15) is 0 Å². The molecule has 0 spiro atoms. The fraction of sp³-hybridized carbons (Fsp3) is 0.333. The maximum Gasteiger partial charge on any atom is 0.0488 e. The summed E-state index contributed by atoms with van der Waals surface area (Å²) in [6.45, 7) is 7.90. The summed E-state index contributed by atoms with van der Waals surface area (Å²) in [6.07, 6.45) is 2.35. The second-order valence-electron chi connectivity index (χ2n) is 5.28. The Morgan fingerprint density at radius 3 is 2.71 bits per heavy atom. The van der Waals surface area contributed by atoms with E-state index in [9.17, 15) is 0 Å². The molecule has 0 unspecified atom stereocenters. The summed E-state index contributed by atoms with van der Waals surface area (Å²) in [7, 11) is 0. The first-order valence-electron chi connectivity index (χ1n) is 5.98. The van der Waals surface area contributed by atoms with E-state index in [1.165, 1.54) is 25.7 Å². The molecule has 17 heavy (non-hydrogen) atoms. The Morgan fingerprint density at radius 1 is 1.24 bits per heavy atom. The van der Waals surface area contributed by atoms with Crippen LogP contribution in [0.15, 0.2) is 33.9 Å². The van der Waals surface area contributed by atoms with Crippen LogP contribution >= 0.6 is 22.6 Å². The molecule has 0 N–H and O–H groups in total. The van der Waals surface area contributed by atoms with Crippen molar-refractivity contribution in [2.45, 2.75) is 32.7 Å². The number of para-hydroxylation sites is 1. The number of benzene rings is 1. The van der Waals surface area contributed by atoms with Gasteiger partial charge in [-0.05, 0) is 58.6 Å². The van der Waals surface area contributed by atoms with Crippen LogP contribution in [0.4, 0.5) is 0 Å². The Labute approximate surface area is 116 Å². The number of allylic oxidation sites excluding steroid dienone is 2. The van der Waals surface area contributed by atoms with Gasteiger partial charge >= 0.3 is 0 Å². The molecule has 0 saturated heterocycles. The van der Waals surface area contributed by atoms with Crippen molar-refractivity contribution in [1.29, 1.82) is 0 Å². The standard InChI is InChI=1S/C15H16IN/c1-10-11-6-4-5-7-12(11)17-9-8-13(16)15(2,3)14(10)17/h4-8H,9H2,1-3H3. The van der Waals surface area contributed by atoms with E-state index < -0.39 is 0 Å². The minimum atomic E-state index is 0.141. The summed E-state index contributed by atoms with van der Waals surface area (Å²) in [4.78, 5) is 0. The van der Waals surface area contributed by atoms with Crippen molar-refractivity contribution < 1.29 is 0 Å². The highest BCUT2D eigenvalue weighted by Gasteiger charge is 2.33. The van der Waals surface area contributed by atoms with E-state index in [-0.39, 0.29) is 5.41 Å². The molecule has 0 bridgehead atoms. The zero-order valence-electron chi connectivity index (χ0n) is 10.4. The molecule has 2 aromatic rings. The first-order chi connectivity index (χ1) is 8.03. The van der Waals surface area contributed by atoms with E-state index in [0.29, 0.717) is 0 Å². The van der Waals surface area contributed by atoms with E-state index >= 15 is 0 Å². The van der Waals surface area contributed by atoms with Crippen LogP contribution in [0.1, 0.15) is 25.1 Å². The maximum absolute atomic E-state index is 2.49. The zero-order chi connectivity index (χ0) is 12.2. The quantitative estimate of drug-likeness (QED) is 0.621. The fourth-order valence-corrected chi connectivity index (χ4v) is 3.46. The van der Waals surface area contributed by atoms with E-state index in [1.54, 1.807) is 0 Å². The highest BCUT2D eigenvalue weighted by Crippen LogP contribution is 2.43. The number of hydrogen-bond acceptors (Lipinski definition) is 0. The third-order valence-electron chi connectivity index (χ3n) is 3.87. The molecule has 0 fully saturated rings. The van der Waals surface area contributed by atoms with Crippen LogP contribution in [-0.4, -0.2) is 4.57 Å². The van der Waals surface area contributed by atoms with Crippen molar-refractivity contribution >= 4 is 33.5 Å². The molecular formula is C15H16IN. The molecule has 2 heteroatoms. The van der Waals surface area contributed by atoms with Crippen LogP contribution in [0.5, 0.6) is 0 Å². The lowest BCUT2D eigenvalue weighted by atomic mass is 9.84. The first kappa shape index (κ1) is 11.3. The lowest BCUT2D eigenvalue weighted by Crippen LogP contribution is -2.26. The van der Waals surface area contributed by atoms with Crippen LogP contribution in [0, 0.1) is 6.92 Å². The SMILES string of the molecule is Cc1c2n(c3ccccc13)CC=C(I)C2(C)C. The fourth-order valence-electron chi connectivity index (χ4n) is 3.01. The topological polar surface area (TPSA) is 4.93 Å². The molecule has 3 rings (SSSR count). The lowest BCUT2D eigenvalue weighted by molar-refractivity contribution is 0.564. The van der Waals surface area contributed by atoms with E-state index in [0.717, 1.165) is 6.54 Å². The Balaban J connectivity index is 2.43.